The van der Waals surface area contributed by atoms with Gasteiger partial charge in [-0.25, -0.2) is 0 Å². The third-order valence-electron chi connectivity index (χ3n) is 2.19. The van der Waals surface area contributed by atoms with Crippen LogP contribution in [0.25, 0.3) is 0 Å². The van der Waals surface area contributed by atoms with E-state index in [-0.39, 0.29) is 5.38 Å². The standard InChI is InChI=1S/C11H15BrClN/c1-8(2)11(13)4-3-9-5-10(12)7-14-6-9/h5-8,11H,3-4H2,1-2H3. The highest BCUT2D eigenvalue weighted by Gasteiger charge is 2.09. The molecule has 78 valence electrons. The van der Waals surface area contributed by atoms with Crippen molar-refractivity contribution in [1.29, 1.82) is 0 Å². The summed E-state index contributed by atoms with van der Waals surface area (Å²) in [6.07, 6.45) is 5.70. The molecular weight excluding hydrogens is 261 g/mol. The average molecular weight is 277 g/mol. The summed E-state index contributed by atoms with van der Waals surface area (Å²) in [5.41, 5.74) is 1.24. The van der Waals surface area contributed by atoms with Crippen molar-refractivity contribution in [3.8, 4) is 0 Å². The van der Waals surface area contributed by atoms with Crippen LogP contribution < -0.4 is 0 Å². The van der Waals surface area contributed by atoms with Gasteiger partial charge in [0.05, 0.1) is 0 Å². The second-order valence-electron chi connectivity index (χ2n) is 3.81. The van der Waals surface area contributed by atoms with Gasteiger partial charge in [-0.3, -0.25) is 4.98 Å². The van der Waals surface area contributed by atoms with Crippen LogP contribution in [0.15, 0.2) is 22.9 Å². The molecule has 1 heterocycles. The number of rotatable bonds is 4. The Kier molecular flexibility index (Phi) is 4.90. The van der Waals surface area contributed by atoms with Crippen molar-refractivity contribution in [2.45, 2.75) is 32.1 Å². The maximum absolute atomic E-state index is 6.17. The van der Waals surface area contributed by atoms with E-state index in [0.29, 0.717) is 5.92 Å². The lowest BCUT2D eigenvalue weighted by Crippen LogP contribution is -2.08. The van der Waals surface area contributed by atoms with Gasteiger partial charge >= 0.3 is 0 Å². The van der Waals surface area contributed by atoms with E-state index in [4.69, 9.17) is 11.6 Å². The zero-order valence-electron chi connectivity index (χ0n) is 8.50. The molecule has 1 rings (SSSR count). The Labute approximate surface area is 99.0 Å². The number of hydrogen-bond acceptors (Lipinski definition) is 1. The number of alkyl halides is 1. The molecule has 0 N–H and O–H groups in total. The van der Waals surface area contributed by atoms with Crippen molar-refractivity contribution >= 4 is 27.5 Å². The lowest BCUT2D eigenvalue weighted by Gasteiger charge is -2.12. The topological polar surface area (TPSA) is 12.9 Å². The fraction of sp³-hybridized carbons (Fsp3) is 0.545. The molecule has 0 radical (unpaired) electrons. The van der Waals surface area contributed by atoms with Crippen LogP contribution in [0.1, 0.15) is 25.8 Å². The third-order valence-corrected chi connectivity index (χ3v) is 3.35. The maximum Gasteiger partial charge on any atom is 0.0410 e. The van der Waals surface area contributed by atoms with Gasteiger partial charge < -0.3 is 0 Å². The van der Waals surface area contributed by atoms with Gasteiger partial charge in [0, 0.05) is 22.2 Å². The molecule has 0 aliphatic heterocycles. The van der Waals surface area contributed by atoms with Crippen LogP contribution in [-0.4, -0.2) is 10.4 Å². The molecule has 0 saturated carbocycles. The number of aromatic nitrogens is 1. The molecule has 1 aromatic heterocycles. The summed E-state index contributed by atoms with van der Waals surface area (Å²) in [7, 11) is 0. The van der Waals surface area contributed by atoms with Gasteiger partial charge in [-0.15, -0.1) is 11.6 Å². The fourth-order valence-electron chi connectivity index (χ4n) is 1.23. The summed E-state index contributed by atoms with van der Waals surface area (Å²) in [6.45, 7) is 4.30. The third kappa shape index (κ3) is 3.97. The van der Waals surface area contributed by atoms with Crippen molar-refractivity contribution in [2.24, 2.45) is 5.92 Å². The average Bonchev–Trinajstić information content (AvgIpc) is 2.14. The zero-order valence-corrected chi connectivity index (χ0v) is 10.8. The molecule has 0 fully saturated rings. The van der Waals surface area contributed by atoms with Crippen LogP contribution in [0.3, 0.4) is 0 Å². The lowest BCUT2D eigenvalue weighted by atomic mass is 10.0. The van der Waals surface area contributed by atoms with Gasteiger partial charge in [0.15, 0.2) is 0 Å². The number of aryl methyl sites for hydroxylation is 1. The number of halogens is 2. The van der Waals surface area contributed by atoms with Crippen LogP contribution in [0.4, 0.5) is 0 Å². The van der Waals surface area contributed by atoms with E-state index in [2.05, 4.69) is 40.8 Å². The summed E-state index contributed by atoms with van der Waals surface area (Å²) in [4.78, 5) is 4.12. The Morgan fingerprint density at radius 3 is 2.71 bits per heavy atom. The first-order valence-electron chi connectivity index (χ1n) is 4.83. The summed E-state index contributed by atoms with van der Waals surface area (Å²) in [6, 6.07) is 2.09. The summed E-state index contributed by atoms with van der Waals surface area (Å²) in [5, 5.41) is 0.258. The van der Waals surface area contributed by atoms with E-state index < -0.39 is 0 Å². The number of pyridine rings is 1. The van der Waals surface area contributed by atoms with Gasteiger partial charge in [0.1, 0.15) is 0 Å². The van der Waals surface area contributed by atoms with Crippen molar-refractivity contribution in [3.63, 3.8) is 0 Å². The Hall–Kier alpha value is -0.0800. The monoisotopic (exact) mass is 275 g/mol. The highest BCUT2D eigenvalue weighted by molar-refractivity contribution is 9.10. The molecule has 1 nitrogen and oxygen atoms in total. The molecule has 0 aliphatic rings. The van der Waals surface area contributed by atoms with Gasteiger partial charge in [0.2, 0.25) is 0 Å². The van der Waals surface area contributed by atoms with E-state index >= 15 is 0 Å². The molecule has 14 heavy (non-hydrogen) atoms. The molecule has 0 aliphatic carbocycles. The molecule has 3 heteroatoms. The van der Waals surface area contributed by atoms with E-state index in [1.54, 1.807) is 6.20 Å². The van der Waals surface area contributed by atoms with Crippen LogP contribution in [0, 0.1) is 5.92 Å². The second kappa shape index (κ2) is 5.72. The zero-order chi connectivity index (χ0) is 10.6. The molecular formula is C11H15BrClN. The Morgan fingerprint density at radius 2 is 2.14 bits per heavy atom. The minimum absolute atomic E-state index is 0.258. The highest BCUT2D eigenvalue weighted by Crippen LogP contribution is 2.17. The van der Waals surface area contributed by atoms with Crippen molar-refractivity contribution in [1.82, 2.24) is 4.98 Å². The van der Waals surface area contributed by atoms with E-state index in [1.807, 2.05) is 6.20 Å². The Bertz CT molecular complexity index is 288. The first-order valence-corrected chi connectivity index (χ1v) is 6.06. The normalized spacial score (nSPS) is 13.2. The van der Waals surface area contributed by atoms with Crippen molar-refractivity contribution in [3.05, 3.63) is 28.5 Å². The van der Waals surface area contributed by atoms with Gasteiger partial charge in [-0.2, -0.15) is 0 Å². The Balaban J connectivity index is 2.45. The largest absolute Gasteiger partial charge is 0.263 e. The molecule has 0 spiro atoms. The summed E-state index contributed by atoms with van der Waals surface area (Å²) in [5.74, 6) is 0.539. The van der Waals surface area contributed by atoms with Gasteiger partial charge in [-0.05, 0) is 46.3 Å². The molecule has 0 amide bonds. The predicted molar refractivity (Wildman–Crippen MR) is 64.7 cm³/mol. The van der Waals surface area contributed by atoms with Gasteiger partial charge in [0.25, 0.3) is 0 Å². The fourth-order valence-corrected chi connectivity index (χ4v) is 1.75. The molecule has 0 saturated heterocycles. The van der Waals surface area contributed by atoms with Crippen molar-refractivity contribution in [2.75, 3.05) is 0 Å². The number of hydrogen-bond donors (Lipinski definition) is 0. The predicted octanol–water partition coefficient (Wildman–Crippen LogP) is 4.04. The molecule has 1 unspecified atom stereocenters. The van der Waals surface area contributed by atoms with Crippen LogP contribution >= 0.6 is 27.5 Å². The second-order valence-corrected chi connectivity index (χ2v) is 5.29. The van der Waals surface area contributed by atoms with Crippen molar-refractivity contribution < 1.29 is 0 Å². The van der Waals surface area contributed by atoms with Crippen LogP contribution in [0.2, 0.25) is 0 Å². The van der Waals surface area contributed by atoms with Crippen LogP contribution in [0.5, 0.6) is 0 Å². The quantitative estimate of drug-likeness (QED) is 0.756. The minimum atomic E-state index is 0.258. The molecule has 1 atom stereocenters. The highest BCUT2D eigenvalue weighted by atomic mass is 79.9. The maximum atomic E-state index is 6.17. The minimum Gasteiger partial charge on any atom is -0.263 e. The lowest BCUT2D eigenvalue weighted by molar-refractivity contribution is 0.565. The van der Waals surface area contributed by atoms with E-state index in [1.165, 1.54) is 5.56 Å². The summed E-state index contributed by atoms with van der Waals surface area (Å²) >= 11 is 9.58. The van der Waals surface area contributed by atoms with Gasteiger partial charge in [-0.1, -0.05) is 13.8 Å². The number of nitrogens with zero attached hydrogens (tertiary/aromatic N) is 1. The van der Waals surface area contributed by atoms with Crippen LogP contribution in [-0.2, 0) is 6.42 Å². The molecule has 0 aromatic carbocycles. The molecule has 1 aromatic rings. The first kappa shape index (κ1) is 12.0. The van der Waals surface area contributed by atoms with E-state index in [0.717, 1.165) is 17.3 Å². The smallest absolute Gasteiger partial charge is 0.0410 e. The SMILES string of the molecule is CC(C)C(Cl)CCc1cncc(Br)c1. The molecule has 0 bridgehead atoms. The summed E-state index contributed by atoms with van der Waals surface area (Å²) < 4.78 is 1.03. The Morgan fingerprint density at radius 1 is 1.43 bits per heavy atom. The first-order chi connectivity index (χ1) is 6.59. The van der Waals surface area contributed by atoms with E-state index in [9.17, 15) is 0 Å².